The molecule has 2 N–H and O–H groups in total. The molecule has 2 rings (SSSR count). The third-order valence-corrected chi connectivity index (χ3v) is 4.76. The fourth-order valence-electron chi connectivity index (χ4n) is 3.38. The molecule has 0 unspecified atom stereocenters. The molecule has 0 aromatic carbocycles. The van der Waals surface area contributed by atoms with Gasteiger partial charge in [-0.15, -0.1) is 0 Å². The fraction of sp³-hybridized carbons (Fsp3) is 0.667. The van der Waals surface area contributed by atoms with Gasteiger partial charge in [-0.2, -0.15) is 0 Å². The van der Waals surface area contributed by atoms with Crippen LogP contribution < -0.4 is 0 Å². The Hall–Kier alpha value is -1.46. The van der Waals surface area contributed by atoms with Crippen LogP contribution in [0.1, 0.15) is 52.9 Å². The molecule has 2 aliphatic rings. The van der Waals surface area contributed by atoms with Gasteiger partial charge in [-0.3, -0.25) is 9.59 Å². The third kappa shape index (κ3) is 3.90. The van der Waals surface area contributed by atoms with Crippen LogP contribution in [-0.4, -0.2) is 40.3 Å². The first kappa shape index (κ1) is 17.9. The Bertz CT molecular complexity index is 544. The molecule has 2 fully saturated rings. The van der Waals surface area contributed by atoms with Crippen LogP contribution in [0.3, 0.4) is 0 Å². The van der Waals surface area contributed by atoms with Crippen LogP contribution in [0.25, 0.3) is 0 Å². The third-order valence-electron chi connectivity index (χ3n) is 4.76. The van der Waals surface area contributed by atoms with Crippen molar-refractivity contribution in [3.63, 3.8) is 0 Å². The Morgan fingerprint density at radius 2 is 1.96 bits per heavy atom. The number of carbonyl (C=O) groups is 2. The molecule has 0 aromatic heterocycles. The van der Waals surface area contributed by atoms with Gasteiger partial charge in [0, 0.05) is 6.42 Å². The molecule has 5 heteroatoms. The second kappa shape index (κ2) is 6.97. The first-order chi connectivity index (χ1) is 10.7. The number of rotatable bonds is 4. The maximum absolute atomic E-state index is 12.5. The summed E-state index contributed by atoms with van der Waals surface area (Å²) in [6.07, 6.45) is 2.94. The standard InChI is InChI=1S/C18H26O5/c1-11(2)5-4-6-12(3)7-16-18(10-17(22)23-16)9-14(20)13(19)8-15(18)21/h5,7,13-14,16,19-20H,4,6,8-10H2,1-3H3/b12-7+/t13-,14+,16-,18+/m1/s1. The van der Waals surface area contributed by atoms with Gasteiger partial charge in [0.1, 0.15) is 11.9 Å². The van der Waals surface area contributed by atoms with Gasteiger partial charge in [-0.25, -0.2) is 0 Å². The number of ether oxygens (including phenoxy) is 1. The largest absolute Gasteiger partial charge is 0.457 e. The molecule has 1 aliphatic carbocycles. The summed E-state index contributed by atoms with van der Waals surface area (Å²) in [5, 5.41) is 19.6. The topological polar surface area (TPSA) is 83.8 Å². The first-order valence-electron chi connectivity index (χ1n) is 8.14. The Kier molecular flexibility index (Phi) is 5.42. The van der Waals surface area contributed by atoms with Crippen molar-refractivity contribution < 1.29 is 24.5 Å². The van der Waals surface area contributed by atoms with E-state index >= 15 is 0 Å². The summed E-state index contributed by atoms with van der Waals surface area (Å²) in [5.41, 5.74) is 1.28. The summed E-state index contributed by atoms with van der Waals surface area (Å²) in [7, 11) is 0. The smallest absolute Gasteiger partial charge is 0.307 e. The minimum atomic E-state index is -1.05. The van der Waals surface area contributed by atoms with E-state index in [0.29, 0.717) is 0 Å². The highest BCUT2D eigenvalue weighted by Crippen LogP contribution is 2.46. The minimum absolute atomic E-state index is 0.0158. The lowest BCUT2D eigenvalue weighted by Crippen LogP contribution is -2.50. The summed E-state index contributed by atoms with van der Waals surface area (Å²) in [6.45, 7) is 6.04. The molecule has 0 aromatic rings. The average molecular weight is 322 g/mol. The van der Waals surface area contributed by atoms with Crippen molar-refractivity contribution in [2.24, 2.45) is 5.41 Å². The van der Waals surface area contributed by atoms with Gasteiger partial charge < -0.3 is 14.9 Å². The summed E-state index contributed by atoms with van der Waals surface area (Å²) in [4.78, 5) is 24.3. The van der Waals surface area contributed by atoms with E-state index in [1.54, 1.807) is 0 Å². The van der Waals surface area contributed by atoms with Crippen molar-refractivity contribution in [1.82, 2.24) is 0 Å². The molecule has 1 spiro atoms. The molecule has 128 valence electrons. The molecule has 5 nitrogen and oxygen atoms in total. The number of ketones is 1. The number of Topliss-reactive ketones (excluding diaryl/α,β-unsaturated/α-hetero) is 1. The van der Waals surface area contributed by atoms with E-state index in [1.807, 2.05) is 26.8 Å². The van der Waals surface area contributed by atoms with E-state index in [-0.39, 0.29) is 25.0 Å². The van der Waals surface area contributed by atoms with Crippen molar-refractivity contribution in [3.05, 3.63) is 23.3 Å². The van der Waals surface area contributed by atoms with Crippen LogP contribution in [0.2, 0.25) is 0 Å². The lowest BCUT2D eigenvalue weighted by atomic mass is 9.66. The number of hydrogen-bond donors (Lipinski definition) is 2. The van der Waals surface area contributed by atoms with E-state index < -0.39 is 29.7 Å². The molecule has 0 amide bonds. The molecule has 4 atom stereocenters. The van der Waals surface area contributed by atoms with Gasteiger partial charge in [-0.05, 0) is 46.1 Å². The zero-order valence-corrected chi connectivity index (χ0v) is 14.0. The number of cyclic esters (lactones) is 1. The fourth-order valence-corrected chi connectivity index (χ4v) is 3.38. The highest BCUT2D eigenvalue weighted by molar-refractivity contribution is 5.93. The van der Waals surface area contributed by atoms with Gasteiger partial charge in [0.25, 0.3) is 0 Å². The van der Waals surface area contributed by atoms with E-state index in [1.165, 1.54) is 5.57 Å². The highest BCUT2D eigenvalue weighted by Gasteiger charge is 2.57. The number of aliphatic hydroxyl groups excluding tert-OH is 2. The molecule has 1 saturated heterocycles. The first-order valence-corrected chi connectivity index (χ1v) is 8.14. The van der Waals surface area contributed by atoms with E-state index in [9.17, 15) is 19.8 Å². The minimum Gasteiger partial charge on any atom is -0.457 e. The van der Waals surface area contributed by atoms with Crippen molar-refractivity contribution >= 4 is 11.8 Å². The van der Waals surface area contributed by atoms with Crippen LogP contribution in [0.5, 0.6) is 0 Å². The Labute approximate surface area is 137 Å². The Balaban J connectivity index is 2.17. The lowest BCUT2D eigenvalue weighted by Gasteiger charge is -2.38. The van der Waals surface area contributed by atoms with Crippen molar-refractivity contribution in [3.8, 4) is 0 Å². The lowest BCUT2D eigenvalue weighted by molar-refractivity contribution is -0.146. The Morgan fingerprint density at radius 1 is 1.26 bits per heavy atom. The number of carbonyl (C=O) groups excluding carboxylic acids is 2. The normalized spacial score (nSPS) is 34.7. The number of hydrogen-bond acceptors (Lipinski definition) is 5. The molecular formula is C18H26O5. The van der Waals surface area contributed by atoms with Crippen LogP contribution in [0, 0.1) is 5.41 Å². The SMILES string of the molecule is CC(C)=CCC/C(C)=C/[C@H]1OC(=O)C[C@]12C[C@H](O)[C@H](O)CC2=O. The molecule has 0 radical (unpaired) electrons. The van der Waals surface area contributed by atoms with Crippen molar-refractivity contribution in [1.29, 1.82) is 0 Å². The Morgan fingerprint density at radius 3 is 2.61 bits per heavy atom. The van der Waals surface area contributed by atoms with Crippen LogP contribution in [0.15, 0.2) is 23.3 Å². The van der Waals surface area contributed by atoms with Gasteiger partial charge >= 0.3 is 5.97 Å². The number of allylic oxidation sites excluding steroid dienone is 3. The quantitative estimate of drug-likeness (QED) is 0.611. The van der Waals surface area contributed by atoms with Crippen LogP contribution >= 0.6 is 0 Å². The van der Waals surface area contributed by atoms with Crippen molar-refractivity contribution in [2.75, 3.05) is 0 Å². The van der Waals surface area contributed by atoms with E-state index in [4.69, 9.17) is 4.74 Å². The monoisotopic (exact) mass is 322 g/mol. The van der Waals surface area contributed by atoms with Gasteiger partial charge in [-0.1, -0.05) is 17.2 Å². The molecular weight excluding hydrogens is 296 g/mol. The molecule has 1 saturated carbocycles. The number of aliphatic hydroxyl groups is 2. The average Bonchev–Trinajstić information content (AvgIpc) is 2.73. The van der Waals surface area contributed by atoms with Crippen LogP contribution in [0.4, 0.5) is 0 Å². The van der Waals surface area contributed by atoms with Gasteiger partial charge in [0.15, 0.2) is 0 Å². The molecule has 1 heterocycles. The van der Waals surface area contributed by atoms with Crippen LogP contribution in [-0.2, 0) is 14.3 Å². The maximum atomic E-state index is 12.5. The van der Waals surface area contributed by atoms with E-state index in [2.05, 4.69) is 6.08 Å². The second-order valence-corrected chi connectivity index (χ2v) is 7.04. The molecule has 1 aliphatic heterocycles. The summed E-state index contributed by atoms with van der Waals surface area (Å²) >= 11 is 0. The maximum Gasteiger partial charge on any atom is 0.307 e. The van der Waals surface area contributed by atoms with Crippen molar-refractivity contribution in [2.45, 2.75) is 71.2 Å². The van der Waals surface area contributed by atoms with Gasteiger partial charge in [0.05, 0.1) is 24.0 Å². The zero-order chi connectivity index (χ0) is 17.2. The summed E-state index contributed by atoms with van der Waals surface area (Å²) in [6, 6.07) is 0. The van der Waals surface area contributed by atoms with E-state index in [0.717, 1.165) is 18.4 Å². The van der Waals surface area contributed by atoms with Gasteiger partial charge in [0.2, 0.25) is 0 Å². The summed E-state index contributed by atoms with van der Waals surface area (Å²) in [5.74, 6) is -0.611. The second-order valence-electron chi connectivity index (χ2n) is 7.04. The molecule has 23 heavy (non-hydrogen) atoms. The summed E-state index contributed by atoms with van der Waals surface area (Å²) < 4.78 is 5.36. The highest BCUT2D eigenvalue weighted by atomic mass is 16.6. The molecule has 0 bridgehead atoms. The predicted molar refractivity (Wildman–Crippen MR) is 85.6 cm³/mol. The zero-order valence-electron chi connectivity index (χ0n) is 14.0. The number of esters is 1. The predicted octanol–water partition coefficient (Wildman–Crippen LogP) is 2.07.